The average Bonchev–Trinajstić information content (AvgIpc) is 3.23. The summed E-state index contributed by atoms with van der Waals surface area (Å²) in [4.78, 5) is 17.7. The number of Topliss-reactive ketones (excluding diaryl/α,β-unsaturated/α-hetero) is 1. The molecule has 1 N–H and O–H groups in total. The largest absolute Gasteiger partial charge is 0.493 e. The van der Waals surface area contributed by atoms with Crippen molar-refractivity contribution in [2.24, 2.45) is 0 Å². The SMILES string of the molecule is COc1ccc([C@@H]2C3=C(CCCC3=O)Nc3nc(SCc4cccc(Cl)c4)nn32)cc1OC. The lowest BCUT2D eigenvalue weighted by atomic mass is 9.85. The van der Waals surface area contributed by atoms with E-state index in [-0.39, 0.29) is 11.8 Å². The van der Waals surface area contributed by atoms with Crippen LogP contribution < -0.4 is 14.8 Å². The lowest BCUT2D eigenvalue weighted by Crippen LogP contribution is -2.31. The number of halogens is 1. The molecule has 0 bridgehead atoms. The number of benzene rings is 2. The van der Waals surface area contributed by atoms with Crippen molar-refractivity contribution in [1.82, 2.24) is 14.8 Å². The molecule has 0 unspecified atom stereocenters. The van der Waals surface area contributed by atoms with E-state index in [1.165, 1.54) is 11.8 Å². The summed E-state index contributed by atoms with van der Waals surface area (Å²) in [6.07, 6.45) is 2.17. The fourth-order valence-electron chi connectivity index (χ4n) is 4.30. The molecule has 2 aromatic carbocycles. The van der Waals surface area contributed by atoms with Crippen molar-refractivity contribution in [2.45, 2.75) is 36.2 Å². The number of ether oxygens (including phenoxy) is 2. The van der Waals surface area contributed by atoms with Crippen molar-refractivity contribution < 1.29 is 14.3 Å². The summed E-state index contributed by atoms with van der Waals surface area (Å²) in [5.41, 5.74) is 3.67. The van der Waals surface area contributed by atoms with Crippen LogP contribution in [0.2, 0.25) is 5.02 Å². The minimum atomic E-state index is -0.378. The van der Waals surface area contributed by atoms with Gasteiger partial charge < -0.3 is 14.8 Å². The van der Waals surface area contributed by atoms with E-state index >= 15 is 0 Å². The molecule has 33 heavy (non-hydrogen) atoms. The Hall–Kier alpha value is -2.97. The second-order valence-electron chi connectivity index (χ2n) is 7.89. The van der Waals surface area contributed by atoms with Crippen LogP contribution in [0.1, 0.15) is 36.4 Å². The van der Waals surface area contributed by atoms with Crippen LogP contribution in [0.25, 0.3) is 0 Å². The van der Waals surface area contributed by atoms with Gasteiger partial charge in [-0.25, -0.2) is 4.68 Å². The summed E-state index contributed by atoms with van der Waals surface area (Å²) in [6.45, 7) is 0. The maximum Gasteiger partial charge on any atom is 0.227 e. The first-order valence-electron chi connectivity index (χ1n) is 10.7. The van der Waals surface area contributed by atoms with Gasteiger partial charge in [0.25, 0.3) is 0 Å². The number of carbonyl (C=O) groups excluding carboxylic acids is 1. The number of hydrogen-bond donors (Lipinski definition) is 1. The van der Waals surface area contributed by atoms with Gasteiger partial charge in [-0.1, -0.05) is 41.6 Å². The molecule has 3 aromatic rings. The summed E-state index contributed by atoms with van der Waals surface area (Å²) in [7, 11) is 3.21. The Kier molecular flexibility index (Phi) is 6.03. The number of aromatic nitrogens is 3. The molecule has 9 heteroatoms. The Morgan fingerprint density at radius 1 is 1.15 bits per heavy atom. The normalized spacial score (nSPS) is 17.3. The molecule has 0 fully saturated rings. The number of ketones is 1. The first kappa shape index (κ1) is 21.9. The number of allylic oxidation sites excluding steroid dienone is 2. The molecule has 0 radical (unpaired) electrons. The average molecular weight is 483 g/mol. The van der Waals surface area contributed by atoms with Crippen LogP contribution >= 0.6 is 23.4 Å². The van der Waals surface area contributed by atoms with Gasteiger partial charge in [-0.05, 0) is 48.2 Å². The van der Waals surface area contributed by atoms with E-state index in [2.05, 4.69) is 5.32 Å². The molecule has 1 aromatic heterocycles. The van der Waals surface area contributed by atoms with E-state index in [9.17, 15) is 4.79 Å². The zero-order valence-corrected chi connectivity index (χ0v) is 19.9. The third-order valence-electron chi connectivity index (χ3n) is 5.83. The highest BCUT2D eigenvalue weighted by molar-refractivity contribution is 7.98. The molecule has 0 spiro atoms. The highest BCUT2D eigenvalue weighted by atomic mass is 35.5. The molecule has 170 valence electrons. The van der Waals surface area contributed by atoms with Crippen molar-refractivity contribution in [3.8, 4) is 11.5 Å². The maximum absolute atomic E-state index is 13.0. The Labute approximate surface area is 201 Å². The molecule has 5 rings (SSSR count). The molecule has 2 aliphatic rings. The van der Waals surface area contributed by atoms with Crippen molar-refractivity contribution in [1.29, 1.82) is 0 Å². The lowest BCUT2D eigenvalue weighted by Gasteiger charge is -2.32. The lowest BCUT2D eigenvalue weighted by molar-refractivity contribution is -0.116. The van der Waals surface area contributed by atoms with Crippen LogP contribution in [0, 0.1) is 0 Å². The van der Waals surface area contributed by atoms with Gasteiger partial charge in [-0.3, -0.25) is 4.79 Å². The van der Waals surface area contributed by atoms with Crippen molar-refractivity contribution in [3.05, 3.63) is 69.9 Å². The van der Waals surface area contributed by atoms with Crippen LogP contribution in [0.5, 0.6) is 11.5 Å². The number of methoxy groups -OCH3 is 2. The Bertz CT molecular complexity index is 1260. The molecule has 7 nitrogen and oxygen atoms in total. The van der Waals surface area contributed by atoms with Crippen molar-refractivity contribution >= 4 is 35.1 Å². The Morgan fingerprint density at radius 3 is 2.79 bits per heavy atom. The third-order valence-corrected chi connectivity index (χ3v) is 6.97. The summed E-state index contributed by atoms with van der Waals surface area (Å²) < 4.78 is 12.7. The fourth-order valence-corrected chi connectivity index (χ4v) is 5.29. The minimum absolute atomic E-state index is 0.137. The summed E-state index contributed by atoms with van der Waals surface area (Å²) in [6, 6.07) is 13.1. The van der Waals surface area contributed by atoms with E-state index in [0.29, 0.717) is 39.8 Å². The molecule has 0 amide bonds. The molecule has 1 aliphatic carbocycles. The Balaban J connectivity index is 1.53. The van der Waals surface area contributed by atoms with Crippen LogP contribution in [0.15, 0.2) is 58.9 Å². The van der Waals surface area contributed by atoms with E-state index in [4.69, 9.17) is 31.2 Å². The first-order chi connectivity index (χ1) is 16.1. The van der Waals surface area contributed by atoms with Crippen LogP contribution in [-0.2, 0) is 10.5 Å². The van der Waals surface area contributed by atoms with Gasteiger partial charge >= 0.3 is 0 Å². The minimum Gasteiger partial charge on any atom is -0.493 e. The predicted molar refractivity (Wildman–Crippen MR) is 128 cm³/mol. The molecule has 1 atom stereocenters. The number of fused-ring (bicyclic) bond motifs is 1. The number of thioether (sulfide) groups is 1. The van der Waals surface area contributed by atoms with E-state index in [0.717, 1.165) is 35.2 Å². The fraction of sp³-hybridized carbons (Fsp3) is 0.292. The van der Waals surface area contributed by atoms with Gasteiger partial charge in [0.1, 0.15) is 6.04 Å². The second kappa shape index (κ2) is 9.11. The van der Waals surface area contributed by atoms with Crippen LogP contribution in [0.3, 0.4) is 0 Å². The van der Waals surface area contributed by atoms with Gasteiger partial charge in [0.2, 0.25) is 11.1 Å². The first-order valence-corrected chi connectivity index (χ1v) is 12.0. The van der Waals surface area contributed by atoms with Crippen LogP contribution in [0.4, 0.5) is 5.95 Å². The highest BCUT2D eigenvalue weighted by Crippen LogP contribution is 2.42. The molecule has 0 saturated carbocycles. The predicted octanol–water partition coefficient (Wildman–Crippen LogP) is 5.26. The summed E-state index contributed by atoms with van der Waals surface area (Å²) in [5.74, 6) is 2.71. The van der Waals surface area contributed by atoms with Gasteiger partial charge in [-0.2, -0.15) is 4.98 Å². The Morgan fingerprint density at radius 2 is 2.00 bits per heavy atom. The number of nitrogens with one attached hydrogen (secondary N) is 1. The van der Waals surface area contributed by atoms with Gasteiger partial charge in [0.15, 0.2) is 17.3 Å². The maximum atomic E-state index is 13.0. The van der Waals surface area contributed by atoms with Crippen LogP contribution in [-0.4, -0.2) is 34.8 Å². The number of rotatable bonds is 6. The number of hydrogen-bond acceptors (Lipinski definition) is 7. The van der Waals surface area contributed by atoms with Crippen molar-refractivity contribution in [3.63, 3.8) is 0 Å². The molecular formula is C24H23ClN4O3S. The molecule has 2 heterocycles. The summed E-state index contributed by atoms with van der Waals surface area (Å²) in [5, 5.41) is 9.49. The van der Waals surface area contributed by atoms with Gasteiger partial charge in [0.05, 0.1) is 14.2 Å². The zero-order chi connectivity index (χ0) is 22.9. The smallest absolute Gasteiger partial charge is 0.227 e. The zero-order valence-electron chi connectivity index (χ0n) is 18.3. The summed E-state index contributed by atoms with van der Waals surface area (Å²) >= 11 is 7.65. The van der Waals surface area contributed by atoms with E-state index in [1.54, 1.807) is 14.2 Å². The topological polar surface area (TPSA) is 78.3 Å². The second-order valence-corrected chi connectivity index (χ2v) is 9.27. The third kappa shape index (κ3) is 4.20. The molecular weight excluding hydrogens is 460 g/mol. The van der Waals surface area contributed by atoms with E-state index in [1.807, 2.05) is 47.1 Å². The number of nitrogens with zero attached hydrogens (tertiary/aromatic N) is 3. The van der Waals surface area contributed by atoms with Gasteiger partial charge in [0, 0.05) is 28.5 Å². The van der Waals surface area contributed by atoms with Crippen molar-refractivity contribution in [2.75, 3.05) is 19.5 Å². The standard InChI is InChI=1S/C24H23ClN4O3S/c1-31-19-10-9-15(12-20(19)32-2)22-21-17(7-4-8-18(21)30)26-23-27-24(28-29(22)23)33-13-14-5-3-6-16(25)11-14/h3,5-6,9-12,22H,4,7-8,13H2,1-2H3,(H,26,27,28)/t22-/m1/s1. The van der Waals surface area contributed by atoms with E-state index < -0.39 is 0 Å². The molecule has 0 saturated heterocycles. The quantitative estimate of drug-likeness (QED) is 0.480. The molecule has 1 aliphatic heterocycles. The number of anilines is 1. The monoisotopic (exact) mass is 482 g/mol. The highest BCUT2D eigenvalue weighted by Gasteiger charge is 2.37. The van der Waals surface area contributed by atoms with Gasteiger partial charge in [-0.15, -0.1) is 5.10 Å². The number of carbonyl (C=O) groups is 1.